The lowest BCUT2D eigenvalue weighted by Gasteiger charge is -2.28. The van der Waals surface area contributed by atoms with E-state index >= 15 is 0 Å². The first-order valence-corrected chi connectivity index (χ1v) is 4.51. The average molecular weight is 186 g/mol. The standard InChI is InChI=1S/C10H18O3/c1-5-10(4)7(11)6-8(13-10)9(2,3)12/h5,7-8,11-12H,1,6H2,2-4H3/t7?,8-,10+/m0/s1. The van der Waals surface area contributed by atoms with Crippen LogP contribution >= 0.6 is 0 Å². The van der Waals surface area contributed by atoms with Gasteiger partial charge in [0, 0.05) is 6.42 Å². The van der Waals surface area contributed by atoms with Crippen LogP contribution in [-0.4, -0.2) is 33.6 Å². The molecule has 1 unspecified atom stereocenters. The normalized spacial score (nSPS) is 40.7. The van der Waals surface area contributed by atoms with E-state index in [4.69, 9.17) is 4.74 Å². The number of hydrogen-bond acceptors (Lipinski definition) is 3. The maximum Gasteiger partial charge on any atom is 0.110 e. The van der Waals surface area contributed by atoms with E-state index in [-0.39, 0.29) is 6.10 Å². The summed E-state index contributed by atoms with van der Waals surface area (Å²) in [6.45, 7) is 8.75. The fraction of sp³-hybridized carbons (Fsp3) is 0.800. The summed E-state index contributed by atoms with van der Waals surface area (Å²) >= 11 is 0. The molecular weight excluding hydrogens is 168 g/mol. The van der Waals surface area contributed by atoms with E-state index in [1.54, 1.807) is 26.8 Å². The van der Waals surface area contributed by atoms with E-state index in [0.29, 0.717) is 6.42 Å². The zero-order valence-electron chi connectivity index (χ0n) is 8.45. The maximum absolute atomic E-state index is 9.69. The van der Waals surface area contributed by atoms with Gasteiger partial charge in [0.2, 0.25) is 0 Å². The highest BCUT2D eigenvalue weighted by Crippen LogP contribution is 2.35. The predicted molar refractivity (Wildman–Crippen MR) is 50.4 cm³/mol. The van der Waals surface area contributed by atoms with Crippen LogP contribution in [0.25, 0.3) is 0 Å². The number of aliphatic hydroxyl groups is 2. The van der Waals surface area contributed by atoms with Gasteiger partial charge in [-0.25, -0.2) is 0 Å². The Morgan fingerprint density at radius 1 is 1.62 bits per heavy atom. The summed E-state index contributed by atoms with van der Waals surface area (Å²) in [6, 6.07) is 0. The highest BCUT2D eigenvalue weighted by Gasteiger charge is 2.47. The summed E-state index contributed by atoms with van der Waals surface area (Å²) in [4.78, 5) is 0. The largest absolute Gasteiger partial charge is 0.390 e. The van der Waals surface area contributed by atoms with Gasteiger partial charge in [-0.05, 0) is 20.8 Å². The van der Waals surface area contributed by atoms with Crippen LogP contribution in [0.1, 0.15) is 27.2 Å². The van der Waals surface area contributed by atoms with Crippen molar-refractivity contribution in [3.05, 3.63) is 12.7 Å². The molecule has 3 heteroatoms. The average Bonchev–Trinajstić information content (AvgIpc) is 2.29. The molecule has 1 saturated heterocycles. The van der Waals surface area contributed by atoms with E-state index in [1.807, 2.05) is 0 Å². The fourth-order valence-electron chi connectivity index (χ4n) is 1.49. The van der Waals surface area contributed by atoms with Crippen LogP contribution in [0.3, 0.4) is 0 Å². The van der Waals surface area contributed by atoms with Crippen LogP contribution < -0.4 is 0 Å². The molecule has 0 amide bonds. The molecule has 2 N–H and O–H groups in total. The summed E-state index contributed by atoms with van der Waals surface area (Å²) in [7, 11) is 0. The first-order valence-electron chi connectivity index (χ1n) is 4.51. The van der Waals surface area contributed by atoms with Crippen molar-refractivity contribution in [1.29, 1.82) is 0 Å². The lowest BCUT2D eigenvalue weighted by molar-refractivity contribution is -0.108. The Morgan fingerprint density at radius 3 is 2.38 bits per heavy atom. The Kier molecular flexibility index (Phi) is 2.54. The van der Waals surface area contributed by atoms with Crippen molar-refractivity contribution in [3.63, 3.8) is 0 Å². The minimum absolute atomic E-state index is 0.328. The van der Waals surface area contributed by atoms with Crippen molar-refractivity contribution in [2.24, 2.45) is 0 Å². The minimum atomic E-state index is -0.915. The third-order valence-corrected chi connectivity index (χ3v) is 2.69. The second-order valence-electron chi connectivity index (χ2n) is 4.40. The Morgan fingerprint density at radius 2 is 2.15 bits per heavy atom. The highest BCUT2D eigenvalue weighted by atomic mass is 16.5. The Bertz CT molecular complexity index is 207. The molecule has 0 aromatic heterocycles. The van der Waals surface area contributed by atoms with Gasteiger partial charge >= 0.3 is 0 Å². The van der Waals surface area contributed by atoms with E-state index < -0.39 is 17.3 Å². The molecule has 76 valence electrons. The van der Waals surface area contributed by atoms with Crippen LogP contribution in [0.15, 0.2) is 12.7 Å². The molecule has 1 heterocycles. The zero-order valence-corrected chi connectivity index (χ0v) is 8.45. The molecule has 0 aliphatic carbocycles. The Hall–Kier alpha value is -0.380. The smallest absolute Gasteiger partial charge is 0.110 e. The van der Waals surface area contributed by atoms with Crippen LogP contribution in [0.5, 0.6) is 0 Å². The van der Waals surface area contributed by atoms with E-state index in [1.165, 1.54) is 0 Å². The molecule has 1 fully saturated rings. The van der Waals surface area contributed by atoms with Crippen molar-refractivity contribution in [2.45, 2.75) is 50.6 Å². The van der Waals surface area contributed by atoms with Crippen LogP contribution in [0.2, 0.25) is 0 Å². The predicted octanol–water partition coefficient (Wildman–Crippen LogP) is 0.852. The molecule has 0 bridgehead atoms. The third-order valence-electron chi connectivity index (χ3n) is 2.69. The van der Waals surface area contributed by atoms with Gasteiger partial charge in [-0.15, -0.1) is 6.58 Å². The first-order chi connectivity index (χ1) is 5.79. The molecule has 0 spiro atoms. The van der Waals surface area contributed by atoms with Gasteiger partial charge in [-0.3, -0.25) is 0 Å². The third kappa shape index (κ3) is 1.93. The molecule has 13 heavy (non-hydrogen) atoms. The number of ether oxygens (including phenoxy) is 1. The lowest BCUT2D eigenvalue weighted by atomic mass is 9.94. The van der Waals surface area contributed by atoms with Crippen molar-refractivity contribution in [2.75, 3.05) is 0 Å². The van der Waals surface area contributed by atoms with Gasteiger partial charge in [0.05, 0.1) is 17.8 Å². The van der Waals surface area contributed by atoms with E-state index in [9.17, 15) is 10.2 Å². The summed E-state index contributed by atoms with van der Waals surface area (Å²) in [5, 5.41) is 19.4. The van der Waals surface area contributed by atoms with Gasteiger partial charge < -0.3 is 14.9 Å². The molecule has 3 nitrogen and oxygen atoms in total. The molecule has 0 aromatic rings. The van der Waals surface area contributed by atoms with Crippen LogP contribution in [-0.2, 0) is 4.74 Å². The van der Waals surface area contributed by atoms with Crippen LogP contribution in [0.4, 0.5) is 0 Å². The molecule has 0 aromatic carbocycles. The minimum Gasteiger partial charge on any atom is -0.390 e. The monoisotopic (exact) mass is 186 g/mol. The first kappa shape index (κ1) is 10.7. The molecule has 1 aliphatic rings. The van der Waals surface area contributed by atoms with Gasteiger partial charge in [0.15, 0.2) is 0 Å². The van der Waals surface area contributed by atoms with Crippen molar-refractivity contribution >= 4 is 0 Å². The van der Waals surface area contributed by atoms with Gasteiger partial charge in [0.1, 0.15) is 5.60 Å². The molecule has 1 aliphatic heterocycles. The number of rotatable bonds is 2. The number of aliphatic hydroxyl groups excluding tert-OH is 1. The summed E-state index contributed by atoms with van der Waals surface area (Å²) in [6.07, 6.45) is 1.13. The molecule has 0 saturated carbocycles. The van der Waals surface area contributed by atoms with Crippen molar-refractivity contribution < 1.29 is 14.9 Å². The molecule has 0 radical (unpaired) electrons. The van der Waals surface area contributed by atoms with Crippen molar-refractivity contribution in [3.8, 4) is 0 Å². The van der Waals surface area contributed by atoms with Gasteiger partial charge in [-0.2, -0.15) is 0 Å². The maximum atomic E-state index is 9.69. The number of hydrogen-bond donors (Lipinski definition) is 2. The van der Waals surface area contributed by atoms with E-state index in [0.717, 1.165) is 0 Å². The zero-order chi connectivity index (χ0) is 10.3. The van der Waals surface area contributed by atoms with Gasteiger partial charge in [0.25, 0.3) is 0 Å². The second-order valence-corrected chi connectivity index (χ2v) is 4.40. The Labute approximate surface area is 79.0 Å². The summed E-state index contributed by atoms with van der Waals surface area (Å²) < 4.78 is 5.56. The quantitative estimate of drug-likeness (QED) is 0.629. The van der Waals surface area contributed by atoms with Crippen molar-refractivity contribution in [1.82, 2.24) is 0 Å². The Balaban J connectivity index is 2.76. The highest BCUT2D eigenvalue weighted by molar-refractivity contribution is 5.07. The molecular formula is C10H18O3. The fourth-order valence-corrected chi connectivity index (χ4v) is 1.49. The summed E-state index contributed by atoms with van der Waals surface area (Å²) in [5.74, 6) is 0. The van der Waals surface area contributed by atoms with Crippen LogP contribution in [0, 0.1) is 0 Å². The lowest BCUT2D eigenvalue weighted by Crippen LogP contribution is -2.38. The molecule has 1 rings (SSSR count). The van der Waals surface area contributed by atoms with E-state index in [2.05, 4.69) is 6.58 Å². The topological polar surface area (TPSA) is 49.7 Å². The van der Waals surface area contributed by atoms with Gasteiger partial charge in [-0.1, -0.05) is 6.08 Å². The molecule has 3 atom stereocenters. The SMILES string of the molecule is C=C[C@@]1(C)O[C@H](C(C)(C)O)CC1O. The summed E-state index contributed by atoms with van der Waals surface area (Å²) in [5.41, 5.74) is -1.63. The second kappa shape index (κ2) is 3.08.